The van der Waals surface area contributed by atoms with Crippen LogP contribution >= 0.6 is 0 Å². The van der Waals surface area contributed by atoms with E-state index >= 15 is 0 Å². The van der Waals surface area contributed by atoms with Gasteiger partial charge in [-0.25, -0.2) is 4.79 Å². The van der Waals surface area contributed by atoms with E-state index in [0.717, 1.165) is 0 Å². The van der Waals surface area contributed by atoms with Gasteiger partial charge in [0, 0.05) is 27.3 Å². The van der Waals surface area contributed by atoms with Crippen molar-refractivity contribution in [3.8, 4) is 0 Å². The first-order chi connectivity index (χ1) is 9.47. The summed E-state index contributed by atoms with van der Waals surface area (Å²) < 4.78 is 10.0. The molecule has 2 atom stereocenters. The van der Waals surface area contributed by atoms with Crippen molar-refractivity contribution in [1.82, 2.24) is 10.2 Å². The van der Waals surface area contributed by atoms with Gasteiger partial charge >= 0.3 is 12.0 Å². The van der Waals surface area contributed by atoms with Crippen molar-refractivity contribution < 1.29 is 24.2 Å². The Morgan fingerprint density at radius 1 is 1.30 bits per heavy atom. The number of carboxylic acids is 1. The predicted octanol–water partition coefficient (Wildman–Crippen LogP) is 0.790. The smallest absolute Gasteiger partial charge is 0.317 e. The lowest BCUT2D eigenvalue weighted by Crippen LogP contribution is -2.49. The average molecular weight is 290 g/mol. The summed E-state index contributed by atoms with van der Waals surface area (Å²) in [5.74, 6) is -1.47. The molecule has 0 spiro atoms. The number of amides is 2. The maximum atomic E-state index is 12.1. The molecule has 0 aliphatic heterocycles. The summed E-state index contributed by atoms with van der Waals surface area (Å²) in [5, 5.41) is 11.6. The summed E-state index contributed by atoms with van der Waals surface area (Å²) in [4.78, 5) is 24.6. The van der Waals surface area contributed by atoms with E-state index in [-0.39, 0.29) is 18.6 Å². The Hall–Kier alpha value is -1.34. The summed E-state index contributed by atoms with van der Waals surface area (Å²) in [6.07, 6.45) is 0.474. The van der Waals surface area contributed by atoms with Gasteiger partial charge in [0.25, 0.3) is 0 Å². The highest BCUT2D eigenvalue weighted by Crippen LogP contribution is 2.04. The minimum atomic E-state index is -0.902. The number of carbonyl (C=O) groups is 2. The molecule has 7 heteroatoms. The lowest BCUT2D eigenvalue weighted by molar-refractivity contribution is -0.141. The largest absolute Gasteiger partial charge is 0.481 e. The van der Waals surface area contributed by atoms with E-state index in [2.05, 4.69) is 5.32 Å². The molecule has 118 valence electrons. The van der Waals surface area contributed by atoms with Gasteiger partial charge in [-0.05, 0) is 13.3 Å². The zero-order chi connectivity index (χ0) is 15.5. The van der Waals surface area contributed by atoms with E-state index in [1.807, 2.05) is 6.92 Å². The molecule has 0 aromatic heterocycles. The minimum Gasteiger partial charge on any atom is -0.481 e. The number of urea groups is 1. The van der Waals surface area contributed by atoms with Gasteiger partial charge in [-0.3, -0.25) is 4.79 Å². The number of nitrogens with zero attached hydrogens (tertiary/aromatic N) is 1. The van der Waals surface area contributed by atoms with Crippen molar-refractivity contribution in [2.24, 2.45) is 5.92 Å². The van der Waals surface area contributed by atoms with Gasteiger partial charge in [-0.15, -0.1) is 0 Å². The van der Waals surface area contributed by atoms with Gasteiger partial charge in [-0.2, -0.15) is 0 Å². The van der Waals surface area contributed by atoms with Crippen LogP contribution in [0.3, 0.4) is 0 Å². The summed E-state index contributed by atoms with van der Waals surface area (Å²) in [6, 6.07) is -0.411. The number of nitrogens with one attached hydrogen (secondary N) is 1. The summed E-state index contributed by atoms with van der Waals surface area (Å²) in [5.41, 5.74) is 0. The van der Waals surface area contributed by atoms with E-state index in [1.165, 1.54) is 0 Å². The van der Waals surface area contributed by atoms with Crippen LogP contribution < -0.4 is 5.32 Å². The Balaban J connectivity index is 4.49. The van der Waals surface area contributed by atoms with Crippen LogP contribution in [0.5, 0.6) is 0 Å². The zero-order valence-electron chi connectivity index (χ0n) is 12.7. The van der Waals surface area contributed by atoms with Gasteiger partial charge in [-0.1, -0.05) is 6.92 Å². The zero-order valence-corrected chi connectivity index (χ0v) is 12.7. The molecule has 20 heavy (non-hydrogen) atoms. The molecule has 0 aromatic rings. The number of rotatable bonds is 10. The van der Waals surface area contributed by atoms with Crippen LogP contribution in [-0.4, -0.2) is 68.6 Å². The van der Waals surface area contributed by atoms with E-state index in [1.54, 1.807) is 26.0 Å². The van der Waals surface area contributed by atoms with Gasteiger partial charge < -0.3 is 24.8 Å². The third-order valence-corrected chi connectivity index (χ3v) is 3.08. The molecule has 0 bridgehead atoms. The van der Waals surface area contributed by atoms with Crippen LogP contribution in [0.15, 0.2) is 0 Å². The van der Waals surface area contributed by atoms with Crippen molar-refractivity contribution in [2.75, 3.05) is 40.5 Å². The van der Waals surface area contributed by atoms with Crippen molar-refractivity contribution in [3.05, 3.63) is 0 Å². The highest BCUT2D eigenvalue weighted by atomic mass is 16.5. The molecule has 0 saturated carbocycles. The Labute approximate surface area is 120 Å². The summed E-state index contributed by atoms with van der Waals surface area (Å²) >= 11 is 0. The molecule has 0 heterocycles. The second kappa shape index (κ2) is 10.4. The minimum absolute atomic E-state index is 0.111. The molecule has 0 aliphatic rings. The van der Waals surface area contributed by atoms with E-state index < -0.39 is 11.9 Å². The molecule has 0 aromatic carbocycles. The van der Waals surface area contributed by atoms with Crippen molar-refractivity contribution in [3.63, 3.8) is 0 Å². The van der Waals surface area contributed by atoms with E-state index in [4.69, 9.17) is 14.6 Å². The van der Waals surface area contributed by atoms with Crippen LogP contribution in [0.4, 0.5) is 4.79 Å². The standard InChI is InChI=1S/C13H26N2O5/c1-5-11(12(16)17)8-14-13(18)15(6-7-19-3)10(2)9-20-4/h10-11H,5-9H2,1-4H3,(H,14,18)(H,16,17). The molecule has 0 radical (unpaired) electrons. The molecular formula is C13H26N2O5. The third-order valence-electron chi connectivity index (χ3n) is 3.08. The van der Waals surface area contributed by atoms with Gasteiger partial charge in [0.15, 0.2) is 0 Å². The Morgan fingerprint density at radius 2 is 1.95 bits per heavy atom. The van der Waals surface area contributed by atoms with Gasteiger partial charge in [0.05, 0.1) is 25.2 Å². The maximum Gasteiger partial charge on any atom is 0.317 e. The molecule has 2 N–H and O–H groups in total. The van der Waals surface area contributed by atoms with Gasteiger partial charge in [0.1, 0.15) is 0 Å². The fourth-order valence-corrected chi connectivity index (χ4v) is 1.76. The third kappa shape index (κ3) is 6.72. The topological polar surface area (TPSA) is 88.1 Å². The number of carboxylic acid groups (broad SMARTS) is 1. The molecule has 2 unspecified atom stereocenters. The van der Waals surface area contributed by atoms with Crippen molar-refractivity contribution in [2.45, 2.75) is 26.3 Å². The molecule has 0 rings (SSSR count). The number of hydrogen-bond acceptors (Lipinski definition) is 4. The Morgan fingerprint density at radius 3 is 2.40 bits per heavy atom. The van der Waals surface area contributed by atoms with Crippen LogP contribution in [0, 0.1) is 5.92 Å². The second-order valence-corrected chi connectivity index (χ2v) is 4.62. The van der Waals surface area contributed by atoms with Gasteiger partial charge in [0.2, 0.25) is 0 Å². The normalized spacial score (nSPS) is 13.6. The first-order valence-electron chi connectivity index (χ1n) is 6.73. The fourth-order valence-electron chi connectivity index (χ4n) is 1.76. The number of hydrogen-bond donors (Lipinski definition) is 2. The van der Waals surface area contributed by atoms with E-state index in [0.29, 0.717) is 26.2 Å². The highest BCUT2D eigenvalue weighted by Gasteiger charge is 2.22. The Bertz CT molecular complexity index is 298. The molecule has 0 aliphatic carbocycles. The lowest BCUT2D eigenvalue weighted by Gasteiger charge is -2.29. The fraction of sp³-hybridized carbons (Fsp3) is 0.846. The average Bonchev–Trinajstić information content (AvgIpc) is 2.39. The maximum absolute atomic E-state index is 12.1. The molecular weight excluding hydrogens is 264 g/mol. The number of ether oxygens (including phenoxy) is 2. The molecule has 0 fully saturated rings. The first kappa shape index (κ1) is 18.7. The number of aliphatic carboxylic acids is 1. The number of carbonyl (C=O) groups excluding carboxylic acids is 1. The van der Waals surface area contributed by atoms with Crippen molar-refractivity contribution >= 4 is 12.0 Å². The predicted molar refractivity (Wildman–Crippen MR) is 74.7 cm³/mol. The summed E-state index contributed by atoms with van der Waals surface area (Å²) in [6.45, 7) is 5.02. The lowest BCUT2D eigenvalue weighted by atomic mass is 10.1. The SMILES string of the molecule is CCC(CNC(=O)N(CCOC)C(C)COC)C(=O)O. The highest BCUT2D eigenvalue weighted by molar-refractivity contribution is 5.76. The van der Waals surface area contributed by atoms with Crippen molar-refractivity contribution in [1.29, 1.82) is 0 Å². The van der Waals surface area contributed by atoms with Crippen LogP contribution in [0.1, 0.15) is 20.3 Å². The summed E-state index contributed by atoms with van der Waals surface area (Å²) in [7, 11) is 3.13. The molecule has 7 nitrogen and oxygen atoms in total. The van der Waals surface area contributed by atoms with Crippen LogP contribution in [0.25, 0.3) is 0 Å². The monoisotopic (exact) mass is 290 g/mol. The molecule has 2 amide bonds. The Kier molecular flexibility index (Phi) is 9.75. The number of methoxy groups -OCH3 is 2. The first-order valence-corrected chi connectivity index (χ1v) is 6.73. The second-order valence-electron chi connectivity index (χ2n) is 4.62. The molecule has 0 saturated heterocycles. The quantitative estimate of drug-likeness (QED) is 0.621. The van der Waals surface area contributed by atoms with Crippen LogP contribution in [0.2, 0.25) is 0 Å². The van der Waals surface area contributed by atoms with E-state index in [9.17, 15) is 9.59 Å². The van der Waals surface area contributed by atoms with Crippen LogP contribution in [-0.2, 0) is 14.3 Å².